The Labute approximate surface area is 203 Å². The van der Waals surface area contributed by atoms with Gasteiger partial charge in [-0.2, -0.15) is 0 Å². The maximum atomic E-state index is 13.1. The lowest BCUT2D eigenvalue weighted by Gasteiger charge is -2.32. The van der Waals surface area contributed by atoms with E-state index in [9.17, 15) is 18.0 Å². The van der Waals surface area contributed by atoms with Gasteiger partial charge >= 0.3 is 0 Å². The molecule has 2 amide bonds. The number of likely N-dealkylation sites (tertiary alicyclic amines) is 1. The molecule has 2 aromatic rings. The highest BCUT2D eigenvalue weighted by Crippen LogP contribution is 2.23. The van der Waals surface area contributed by atoms with Gasteiger partial charge in [0.15, 0.2) is 0 Å². The minimum atomic E-state index is -3.78. The Morgan fingerprint density at radius 1 is 1.06 bits per heavy atom. The van der Waals surface area contributed by atoms with Crippen molar-refractivity contribution in [1.82, 2.24) is 10.2 Å². The Morgan fingerprint density at radius 2 is 1.76 bits per heavy atom. The highest BCUT2D eigenvalue weighted by atomic mass is 32.2. The van der Waals surface area contributed by atoms with Gasteiger partial charge < -0.3 is 10.2 Å². The highest BCUT2D eigenvalue weighted by molar-refractivity contribution is 7.92. The molecule has 0 aromatic heterocycles. The van der Waals surface area contributed by atoms with Crippen LogP contribution in [0.3, 0.4) is 0 Å². The Balaban J connectivity index is 1.69. The number of rotatable bonds is 8. The first kappa shape index (κ1) is 25.7. The molecule has 1 aliphatic heterocycles. The van der Waals surface area contributed by atoms with E-state index in [4.69, 9.17) is 0 Å². The maximum absolute atomic E-state index is 13.1. The number of benzene rings is 2. The molecule has 0 spiro atoms. The zero-order valence-electron chi connectivity index (χ0n) is 20.4. The number of hydrogen-bond acceptors (Lipinski definition) is 4. The summed E-state index contributed by atoms with van der Waals surface area (Å²) >= 11 is 0. The van der Waals surface area contributed by atoms with Crippen LogP contribution in [0.1, 0.15) is 62.4 Å². The third-order valence-electron chi connectivity index (χ3n) is 5.98. The average Bonchev–Trinajstić information content (AvgIpc) is 2.82. The molecule has 0 saturated carbocycles. The molecule has 34 heavy (non-hydrogen) atoms. The molecule has 3 rings (SSSR count). The van der Waals surface area contributed by atoms with Crippen molar-refractivity contribution in [1.29, 1.82) is 0 Å². The fourth-order valence-corrected chi connectivity index (χ4v) is 5.02. The van der Waals surface area contributed by atoms with E-state index in [2.05, 4.69) is 10.0 Å². The number of carbonyl (C=O) groups is 2. The number of amides is 2. The van der Waals surface area contributed by atoms with Crippen LogP contribution in [0.25, 0.3) is 0 Å². The van der Waals surface area contributed by atoms with Crippen LogP contribution < -0.4 is 10.0 Å². The van der Waals surface area contributed by atoms with E-state index in [-0.39, 0.29) is 22.6 Å². The summed E-state index contributed by atoms with van der Waals surface area (Å²) in [5.74, 6) is 0.222. The molecule has 0 aliphatic carbocycles. The molecule has 1 unspecified atom stereocenters. The Morgan fingerprint density at radius 3 is 2.41 bits per heavy atom. The van der Waals surface area contributed by atoms with E-state index in [1.807, 2.05) is 39.8 Å². The summed E-state index contributed by atoms with van der Waals surface area (Å²) in [5, 5.41) is 2.96. The van der Waals surface area contributed by atoms with E-state index in [0.717, 1.165) is 18.4 Å². The van der Waals surface area contributed by atoms with Crippen molar-refractivity contribution in [2.24, 2.45) is 11.8 Å². The molecule has 8 heteroatoms. The summed E-state index contributed by atoms with van der Waals surface area (Å²) in [7, 11) is -3.78. The van der Waals surface area contributed by atoms with E-state index in [0.29, 0.717) is 42.7 Å². The van der Waals surface area contributed by atoms with Gasteiger partial charge in [-0.05, 0) is 60.6 Å². The topological polar surface area (TPSA) is 95.6 Å². The van der Waals surface area contributed by atoms with Gasteiger partial charge in [-0.25, -0.2) is 8.42 Å². The van der Waals surface area contributed by atoms with Gasteiger partial charge in [0.2, 0.25) is 5.91 Å². The van der Waals surface area contributed by atoms with Gasteiger partial charge in [0, 0.05) is 30.9 Å². The first-order valence-corrected chi connectivity index (χ1v) is 13.3. The van der Waals surface area contributed by atoms with Gasteiger partial charge in [-0.1, -0.05) is 45.9 Å². The van der Waals surface area contributed by atoms with Crippen molar-refractivity contribution in [3.05, 3.63) is 59.7 Å². The van der Waals surface area contributed by atoms with Crippen LogP contribution in [-0.2, 0) is 14.8 Å². The van der Waals surface area contributed by atoms with Crippen molar-refractivity contribution < 1.29 is 18.0 Å². The van der Waals surface area contributed by atoms with Gasteiger partial charge in [-0.15, -0.1) is 0 Å². The summed E-state index contributed by atoms with van der Waals surface area (Å²) in [6.07, 6.45) is 1.51. The van der Waals surface area contributed by atoms with Crippen molar-refractivity contribution in [3.63, 3.8) is 0 Å². The molecular weight excluding hydrogens is 450 g/mol. The Hall–Kier alpha value is -2.87. The molecule has 1 aliphatic rings. The number of carbonyl (C=O) groups excluding carboxylic acids is 2. The van der Waals surface area contributed by atoms with Crippen LogP contribution in [0.15, 0.2) is 53.4 Å². The van der Waals surface area contributed by atoms with E-state index in [1.54, 1.807) is 41.3 Å². The third kappa shape index (κ3) is 6.59. The first-order valence-electron chi connectivity index (χ1n) is 11.9. The van der Waals surface area contributed by atoms with Crippen molar-refractivity contribution >= 4 is 27.5 Å². The van der Waals surface area contributed by atoms with E-state index in [1.165, 1.54) is 0 Å². The molecule has 7 nitrogen and oxygen atoms in total. The Kier molecular flexibility index (Phi) is 8.36. The lowest BCUT2D eigenvalue weighted by Crippen LogP contribution is -2.46. The molecule has 2 N–H and O–H groups in total. The lowest BCUT2D eigenvalue weighted by atomic mass is 9.96. The minimum absolute atomic E-state index is 0.0174. The summed E-state index contributed by atoms with van der Waals surface area (Å²) in [4.78, 5) is 27.5. The fraction of sp³-hybridized carbons (Fsp3) is 0.462. The van der Waals surface area contributed by atoms with Crippen molar-refractivity contribution in [3.8, 4) is 0 Å². The predicted molar refractivity (Wildman–Crippen MR) is 134 cm³/mol. The molecule has 1 atom stereocenters. The van der Waals surface area contributed by atoms with Crippen LogP contribution >= 0.6 is 0 Å². The fourth-order valence-electron chi connectivity index (χ4n) is 3.97. The predicted octanol–water partition coefficient (Wildman–Crippen LogP) is 4.24. The second-order valence-electron chi connectivity index (χ2n) is 9.64. The zero-order chi connectivity index (χ0) is 24.9. The third-order valence-corrected chi connectivity index (χ3v) is 7.38. The molecule has 1 fully saturated rings. The summed E-state index contributed by atoms with van der Waals surface area (Å²) in [6.45, 7) is 9.73. The summed E-state index contributed by atoms with van der Waals surface area (Å²) in [6, 6.07) is 13.3. The lowest BCUT2D eigenvalue weighted by molar-refractivity contribution is -0.126. The standard InChI is InChI=1S/C26H35N3O4S/c1-18(2)16-27-25(30)22-8-6-14-29(17-22)26(31)21-7-5-9-23(15-21)28-34(32,33)24-12-10-20(11-13-24)19(3)4/h5,7,9-13,15,18-19,22,28H,6,8,14,16-17H2,1-4H3,(H,27,30). The van der Waals surface area contributed by atoms with Crippen LogP contribution in [0.5, 0.6) is 0 Å². The van der Waals surface area contributed by atoms with Crippen LogP contribution in [0.4, 0.5) is 5.69 Å². The van der Waals surface area contributed by atoms with Crippen molar-refractivity contribution in [2.75, 3.05) is 24.4 Å². The van der Waals surface area contributed by atoms with Gasteiger partial charge in [-0.3, -0.25) is 14.3 Å². The van der Waals surface area contributed by atoms with E-state index >= 15 is 0 Å². The molecule has 0 bridgehead atoms. The monoisotopic (exact) mass is 485 g/mol. The van der Waals surface area contributed by atoms with E-state index < -0.39 is 10.0 Å². The molecule has 184 valence electrons. The van der Waals surface area contributed by atoms with Gasteiger partial charge in [0.25, 0.3) is 15.9 Å². The normalized spacial score (nSPS) is 16.5. The number of anilines is 1. The number of sulfonamides is 1. The molecule has 1 heterocycles. The van der Waals surface area contributed by atoms with Gasteiger partial charge in [0.05, 0.1) is 10.8 Å². The first-order chi connectivity index (χ1) is 16.1. The maximum Gasteiger partial charge on any atom is 0.261 e. The van der Waals surface area contributed by atoms with Crippen LogP contribution in [0, 0.1) is 11.8 Å². The largest absolute Gasteiger partial charge is 0.356 e. The number of nitrogens with one attached hydrogen (secondary N) is 2. The minimum Gasteiger partial charge on any atom is -0.356 e. The number of piperidine rings is 1. The molecular formula is C26H35N3O4S. The van der Waals surface area contributed by atoms with Gasteiger partial charge in [0.1, 0.15) is 0 Å². The molecule has 0 radical (unpaired) electrons. The summed E-state index contributed by atoms with van der Waals surface area (Å²) in [5.41, 5.74) is 1.77. The second-order valence-corrected chi connectivity index (χ2v) is 11.3. The smallest absolute Gasteiger partial charge is 0.261 e. The second kappa shape index (κ2) is 11.0. The number of hydrogen-bond donors (Lipinski definition) is 2. The average molecular weight is 486 g/mol. The Bertz CT molecular complexity index is 1110. The van der Waals surface area contributed by atoms with Crippen molar-refractivity contribution in [2.45, 2.75) is 51.3 Å². The van der Waals surface area contributed by atoms with Crippen LogP contribution in [-0.4, -0.2) is 44.8 Å². The zero-order valence-corrected chi connectivity index (χ0v) is 21.2. The summed E-state index contributed by atoms with van der Waals surface area (Å²) < 4.78 is 28.3. The molecule has 2 aromatic carbocycles. The quantitative estimate of drug-likeness (QED) is 0.585. The SMILES string of the molecule is CC(C)CNC(=O)C1CCCN(C(=O)c2cccc(NS(=O)(=O)c3ccc(C(C)C)cc3)c2)C1. The van der Waals surface area contributed by atoms with Crippen LogP contribution in [0.2, 0.25) is 0 Å². The number of nitrogens with zero attached hydrogens (tertiary/aromatic N) is 1. The highest BCUT2D eigenvalue weighted by Gasteiger charge is 2.29. The molecule has 1 saturated heterocycles.